The highest BCUT2D eigenvalue weighted by molar-refractivity contribution is 5.28. The molecule has 4 heteroatoms. The van der Waals surface area contributed by atoms with Crippen molar-refractivity contribution in [3.8, 4) is 0 Å². The largest absolute Gasteiger partial charge is 0.396 e. The predicted molar refractivity (Wildman–Crippen MR) is 91.3 cm³/mol. The molecule has 3 aliphatic carbocycles. The number of hydrogen-bond donors (Lipinski definition) is 3. The Hall–Kier alpha value is -0.420. The fourth-order valence-electron chi connectivity index (χ4n) is 6.64. The van der Waals surface area contributed by atoms with Gasteiger partial charge in [0.05, 0.1) is 31.5 Å². The lowest BCUT2D eigenvalue weighted by Crippen LogP contribution is -2.59. The first-order valence-electron chi connectivity index (χ1n) is 9.56. The molecule has 0 aromatic rings. The van der Waals surface area contributed by atoms with Crippen molar-refractivity contribution in [3.63, 3.8) is 0 Å². The Bertz CT molecular complexity index is 560. The van der Waals surface area contributed by atoms with Crippen molar-refractivity contribution in [1.82, 2.24) is 0 Å². The van der Waals surface area contributed by atoms with Crippen molar-refractivity contribution in [2.45, 2.75) is 71.2 Å². The average Bonchev–Trinajstić information content (AvgIpc) is 2.84. The third-order valence-electron chi connectivity index (χ3n) is 8.43. The Balaban J connectivity index is 1.73. The molecule has 24 heavy (non-hydrogen) atoms. The van der Waals surface area contributed by atoms with Crippen LogP contribution in [-0.2, 0) is 4.74 Å². The van der Waals surface area contributed by atoms with E-state index in [0.29, 0.717) is 18.4 Å². The SMILES string of the molecule is C[C@@]12C=C3CC[C@@H]4[C@](C)(CO)[C@@H](O)CC[C@]4(C)[C@H]3C[C@@H]1OC[C@H]2O. The number of aliphatic hydroxyl groups is 3. The molecule has 4 rings (SSSR count). The topological polar surface area (TPSA) is 69.9 Å². The molecule has 3 N–H and O–H groups in total. The molecule has 136 valence electrons. The molecule has 8 atom stereocenters. The fourth-order valence-corrected chi connectivity index (χ4v) is 6.64. The van der Waals surface area contributed by atoms with Crippen LogP contribution in [0, 0.1) is 28.1 Å². The highest BCUT2D eigenvalue weighted by Gasteiger charge is 2.61. The summed E-state index contributed by atoms with van der Waals surface area (Å²) in [4.78, 5) is 0. The zero-order valence-electron chi connectivity index (χ0n) is 15.2. The number of ether oxygens (including phenoxy) is 1. The first-order valence-corrected chi connectivity index (χ1v) is 9.56. The van der Waals surface area contributed by atoms with Crippen molar-refractivity contribution in [1.29, 1.82) is 0 Å². The van der Waals surface area contributed by atoms with E-state index in [1.54, 1.807) is 0 Å². The minimum Gasteiger partial charge on any atom is -0.396 e. The van der Waals surface area contributed by atoms with Gasteiger partial charge in [-0.25, -0.2) is 0 Å². The maximum Gasteiger partial charge on any atom is 0.0886 e. The average molecular weight is 336 g/mol. The van der Waals surface area contributed by atoms with E-state index in [9.17, 15) is 15.3 Å². The number of fused-ring (bicyclic) bond motifs is 4. The van der Waals surface area contributed by atoms with E-state index in [1.165, 1.54) is 5.57 Å². The molecule has 2 saturated carbocycles. The first-order chi connectivity index (χ1) is 11.3. The Morgan fingerprint density at radius 3 is 2.62 bits per heavy atom. The van der Waals surface area contributed by atoms with Crippen LogP contribution in [0.1, 0.15) is 52.9 Å². The summed E-state index contributed by atoms with van der Waals surface area (Å²) in [5.41, 5.74) is 0.923. The van der Waals surface area contributed by atoms with E-state index in [4.69, 9.17) is 4.74 Å². The summed E-state index contributed by atoms with van der Waals surface area (Å²) in [5, 5.41) is 31.0. The monoisotopic (exact) mass is 336 g/mol. The van der Waals surface area contributed by atoms with Gasteiger partial charge < -0.3 is 20.1 Å². The molecule has 4 aliphatic rings. The Kier molecular flexibility index (Phi) is 3.75. The van der Waals surface area contributed by atoms with Gasteiger partial charge in [-0.2, -0.15) is 0 Å². The van der Waals surface area contributed by atoms with Crippen LogP contribution in [0.3, 0.4) is 0 Å². The lowest BCUT2D eigenvalue weighted by Gasteiger charge is -2.61. The zero-order chi connectivity index (χ0) is 17.3. The third-order valence-corrected chi connectivity index (χ3v) is 8.43. The molecule has 1 aliphatic heterocycles. The van der Waals surface area contributed by atoms with E-state index >= 15 is 0 Å². The molecule has 0 spiro atoms. The van der Waals surface area contributed by atoms with Crippen LogP contribution in [-0.4, -0.2) is 46.8 Å². The maximum atomic E-state index is 10.6. The number of hydrogen-bond acceptors (Lipinski definition) is 4. The fraction of sp³-hybridized carbons (Fsp3) is 0.900. The number of allylic oxidation sites excluding steroid dienone is 1. The summed E-state index contributed by atoms with van der Waals surface area (Å²) in [6.45, 7) is 7.05. The van der Waals surface area contributed by atoms with Crippen LogP contribution >= 0.6 is 0 Å². The number of aliphatic hydroxyl groups excluding tert-OH is 3. The van der Waals surface area contributed by atoms with Gasteiger partial charge >= 0.3 is 0 Å². The molecule has 0 aromatic carbocycles. The predicted octanol–water partition coefficient (Wildman–Crippen LogP) is 2.27. The molecule has 4 nitrogen and oxygen atoms in total. The van der Waals surface area contributed by atoms with Crippen LogP contribution in [0.4, 0.5) is 0 Å². The molecular formula is C20H32O4. The smallest absolute Gasteiger partial charge is 0.0886 e. The quantitative estimate of drug-likeness (QED) is 0.643. The minimum atomic E-state index is -0.412. The van der Waals surface area contributed by atoms with Gasteiger partial charge in [0.1, 0.15) is 0 Å². The van der Waals surface area contributed by atoms with E-state index in [2.05, 4.69) is 26.8 Å². The van der Waals surface area contributed by atoms with Gasteiger partial charge in [0.25, 0.3) is 0 Å². The summed E-state index contributed by atoms with van der Waals surface area (Å²) in [7, 11) is 0. The molecule has 0 amide bonds. The molecule has 1 saturated heterocycles. The molecular weight excluding hydrogens is 304 g/mol. The third kappa shape index (κ3) is 2.00. The number of rotatable bonds is 1. The van der Waals surface area contributed by atoms with Gasteiger partial charge in [-0.3, -0.25) is 0 Å². The second-order valence-corrected chi connectivity index (χ2v) is 9.53. The van der Waals surface area contributed by atoms with Gasteiger partial charge in [-0.05, 0) is 49.4 Å². The maximum absolute atomic E-state index is 10.6. The molecule has 0 unspecified atom stereocenters. The van der Waals surface area contributed by atoms with Crippen LogP contribution in [0.5, 0.6) is 0 Å². The van der Waals surface area contributed by atoms with Crippen molar-refractivity contribution < 1.29 is 20.1 Å². The van der Waals surface area contributed by atoms with Crippen molar-refractivity contribution in [2.24, 2.45) is 28.1 Å². The van der Waals surface area contributed by atoms with Gasteiger partial charge in [-0.15, -0.1) is 0 Å². The Morgan fingerprint density at radius 2 is 1.92 bits per heavy atom. The van der Waals surface area contributed by atoms with E-state index in [0.717, 1.165) is 32.1 Å². The van der Waals surface area contributed by atoms with Crippen molar-refractivity contribution in [2.75, 3.05) is 13.2 Å². The van der Waals surface area contributed by atoms with Crippen LogP contribution in [0.2, 0.25) is 0 Å². The lowest BCUT2D eigenvalue weighted by molar-refractivity contribution is -0.158. The standard InChI is InChI=1S/C20H32O4/c1-18-7-6-15(22)20(3,11-21)14(18)5-4-12-9-19(2)16(23)10-24-17(19)8-13(12)18/h9,13-17,21-23H,4-8,10-11H2,1-3H3/t13-,14-,15-,16+,17-,18+,19-,20-/m0/s1. The van der Waals surface area contributed by atoms with Crippen LogP contribution in [0.25, 0.3) is 0 Å². The van der Waals surface area contributed by atoms with Crippen molar-refractivity contribution in [3.05, 3.63) is 11.6 Å². The molecule has 3 fully saturated rings. The van der Waals surface area contributed by atoms with Gasteiger partial charge in [0.15, 0.2) is 0 Å². The molecule has 0 radical (unpaired) electrons. The second-order valence-electron chi connectivity index (χ2n) is 9.53. The first kappa shape index (κ1) is 17.0. The van der Waals surface area contributed by atoms with E-state index in [-0.39, 0.29) is 23.5 Å². The van der Waals surface area contributed by atoms with E-state index < -0.39 is 17.6 Å². The molecule has 0 bridgehead atoms. The summed E-state index contributed by atoms with van der Waals surface area (Å²) in [5.74, 6) is 0.773. The summed E-state index contributed by atoms with van der Waals surface area (Å²) < 4.78 is 5.95. The van der Waals surface area contributed by atoms with Gasteiger partial charge in [0, 0.05) is 10.8 Å². The van der Waals surface area contributed by atoms with Gasteiger partial charge in [0.2, 0.25) is 0 Å². The summed E-state index contributed by atoms with van der Waals surface area (Å²) >= 11 is 0. The van der Waals surface area contributed by atoms with E-state index in [1.807, 2.05) is 0 Å². The molecule has 0 aromatic heterocycles. The Labute approximate surface area is 144 Å². The highest BCUT2D eigenvalue weighted by Crippen LogP contribution is 2.64. The normalized spacial score (nSPS) is 56.9. The van der Waals surface area contributed by atoms with Crippen LogP contribution < -0.4 is 0 Å². The summed E-state index contributed by atoms with van der Waals surface area (Å²) in [6, 6.07) is 0. The highest BCUT2D eigenvalue weighted by atomic mass is 16.5. The molecule has 1 heterocycles. The minimum absolute atomic E-state index is 0.0521. The second kappa shape index (κ2) is 5.29. The lowest BCUT2D eigenvalue weighted by atomic mass is 9.44. The zero-order valence-corrected chi connectivity index (χ0v) is 15.2. The Morgan fingerprint density at radius 1 is 1.17 bits per heavy atom. The van der Waals surface area contributed by atoms with Gasteiger partial charge in [-0.1, -0.05) is 32.4 Å². The van der Waals surface area contributed by atoms with Crippen LogP contribution in [0.15, 0.2) is 11.6 Å². The summed E-state index contributed by atoms with van der Waals surface area (Å²) in [6.07, 6.45) is 6.36. The van der Waals surface area contributed by atoms with Crippen molar-refractivity contribution >= 4 is 0 Å².